The first-order chi connectivity index (χ1) is 11.7. The highest BCUT2D eigenvalue weighted by Gasteiger charge is 2.11. The molecule has 2 heterocycles. The van der Waals surface area contributed by atoms with Crippen LogP contribution >= 0.6 is 11.3 Å². The normalized spacial score (nSPS) is 10.8. The fraction of sp³-hybridized carbons (Fsp3) is 0.312. The number of thiazole rings is 1. The lowest BCUT2D eigenvalue weighted by molar-refractivity contribution is 0.415. The number of ether oxygens (including phenoxy) is 1. The second-order valence-corrected chi connectivity index (χ2v) is 6.27. The number of hydrogen-bond acceptors (Lipinski definition) is 8. The maximum atomic E-state index is 6.16. The van der Waals surface area contributed by atoms with E-state index in [0.717, 1.165) is 40.5 Å². The molecule has 0 unspecified atom stereocenters. The van der Waals surface area contributed by atoms with Crippen molar-refractivity contribution in [2.24, 2.45) is 0 Å². The van der Waals surface area contributed by atoms with E-state index < -0.39 is 0 Å². The van der Waals surface area contributed by atoms with E-state index in [2.05, 4.69) is 32.5 Å². The minimum atomic E-state index is 0.491. The highest BCUT2D eigenvalue weighted by molar-refractivity contribution is 7.22. The smallest absolute Gasteiger partial charge is 0.189 e. The summed E-state index contributed by atoms with van der Waals surface area (Å²) in [5.41, 5.74) is 7.55. The minimum Gasteiger partial charge on any atom is -0.497 e. The largest absolute Gasteiger partial charge is 0.497 e. The van der Waals surface area contributed by atoms with Gasteiger partial charge in [-0.05, 0) is 24.6 Å². The number of nitrogen functional groups attached to an aromatic ring is 1. The number of unbranched alkanes of at least 4 members (excludes halogenated alkanes) is 1. The quantitative estimate of drug-likeness (QED) is 0.563. The Labute approximate surface area is 144 Å². The number of nitrogens with zero attached hydrogens (tertiary/aromatic N) is 3. The van der Waals surface area contributed by atoms with Gasteiger partial charge in [0.2, 0.25) is 0 Å². The molecule has 0 fully saturated rings. The predicted molar refractivity (Wildman–Crippen MR) is 99.3 cm³/mol. The van der Waals surface area contributed by atoms with Gasteiger partial charge in [0.1, 0.15) is 17.8 Å². The Hall–Kier alpha value is -2.61. The van der Waals surface area contributed by atoms with Gasteiger partial charge < -0.3 is 21.1 Å². The van der Waals surface area contributed by atoms with Crippen molar-refractivity contribution in [3.05, 3.63) is 24.5 Å². The summed E-state index contributed by atoms with van der Waals surface area (Å²) in [7, 11) is 1.65. The molecular weight excluding hydrogens is 324 g/mol. The van der Waals surface area contributed by atoms with E-state index in [1.807, 2.05) is 18.2 Å². The average Bonchev–Trinajstić information content (AvgIpc) is 2.99. The zero-order valence-corrected chi connectivity index (χ0v) is 14.5. The van der Waals surface area contributed by atoms with Gasteiger partial charge in [0.05, 0.1) is 17.3 Å². The monoisotopic (exact) mass is 344 g/mol. The van der Waals surface area contributed by atoms with Crippen molar-refractivity contribution in [1.29, 1.82) is 0 Å². The molecule has 0 atom stereocenters. The number of aromatic nitrogens is 3. The van der Waals surface area contributed by atoms with Crippen LogP contribution in [0.4, 0.5) is 22.5 Å². The maximum absolute atomic E-state index is 6.16. The Balaban J connectivity index is 1.81. The van der Waals surface area contributed by atoms with Gasteiger partial charge in [-0.3, -0.25) is 0 Å². The molecule has 0 spiro atoms. The molecule has 0 saturated carbocycles. The Kier molecular flexibility index (Phi) is 4.95. The zero-order valence-electron chi connectivity index (χ0n) is 13.7. The van der Waals surface area contributed by atoms with Gasteiger partial charge in [-0.15, -0.1) is 0 Å². The first-order valence-electron chi connectivity index (χ1n) is 7.77. The molecule has 24 heavy (non-hydrogen) atoms. The molecule has 3 aromatic rings. The molecule has 1 aromatic carbocycles. The topological polar surface area (TPSA) is 98.0 Å². The SMILES string of the molecule is CCCCNc1ncnc(Nc2nc3ccc(OC)cc3s2)c1N. The first-order valence-corrected chi connectivity index (χ1v) is 8.59. The standard InChI is InChI=1S/C16H20N6OS/c1-3-4-7-18-14-13(17)15(20-9-19-14)22-16-21-11-6-5-10(23-2)8-12(11)24-16/h5-6,8-9H,3-4,7,17H2,1-2H3,(H2,18,19,20,21,22). The molecule has 126 valence electrons. The third-order valence-electron chi connectivity index (χ3n) is 3.53. The highest BCUT2D eigenvalue weighted by atomic mass is 32.1. The van der Waals surface area contributed by atoms with Crippen molar-refractivity contribution in [3.63, 3.8) is 0 Å². The summed E-state index contributed by atoms with van der Waals surface area (Å²) in [6, 6.07) is 5.77. The van der Waals surface area contributed by atoms with Gasteiger partial charge in [-0.1, -0.05) is 24.7 Å². The fourth-order valence-corrected chi connectivity index (χ4v) is 3.10. The van der Waals surface area contributed by atoms with E-state index in [0.29, 0.717) is 17.3 Å². The molecule has 0 aliphatic carbocycles. The van der Waals surface area contributed by atoms with E-state index in [1.165, 1.54) is 17.7 Å². The van der Waals surface area contributed by atoms with Crippen molar-refractivity contribution >= 4 is 44.0 Å². The lowest BCUT2D eigenvalue weighted by atomic mass is 10.3. The second kappa shape index (κ2) is 7.31. The van der Waals surface area contributed by atoms with Gasteiger partial charge >= 0.3 is 0 Å². The zero-order chi connectivity index (χ0) is 16.9. The third kappa shape index (κ3) is 3.48. The molecule has 0 saturated heterocycles. The third-order valence-corrected chi connectivity index (χ3v) is 4.46. The van der Waals surface area contributed by atoms with E-state index in [1.54, 1.807) is 7.11 Å². The maximum Gasteiger partial charge on any atom is 0.189 e. The number of hydrogen-bond donors (Lipinski definition) is 3. The van der Waals surface area contributed by atoms with E-state index >= 15 is 0 Å². The second-order valence-electron chi connectivity index (χ2n) is 5.24. The predicted octanol–water partition coefficient (Wildman–Crippen LogP) is 3.63. The van der Waals surface area contributed by atoms with Crippen LogP contribution in [0.2, 0.25) is 0 Å². The highest BCUT2D eigenvalue weighted by Crippen LogP contribution is 2.32. The van der Waals surface area contributed by atoms with Crippen LogP contribution in [0.3, 0.4) is 0 Å². The minimum absolute atomic E-state index is 0.491. The Morgan fingerprint density at radius 1 is 1.25 bits per heavy atom. The number of fused-ring (bicyclic) bond motifs is 1. The molecular formula is C16H20N6OS. The molecule has 0 radical (unpaired) electrons. The Morgan fingerprint density at radius 3 is 2.88 bits per heavy atom. The van der Waals surface area contributed by atoms with E-state index in [-0.39, 0.29) is 0 Å². The number of nitrogens with one attached hydrogen (secondary N) is 2. The van der Waals surface area contributed by atoms with Gasteiger partial charge in [-0.25, -0.2) is 15.0 Å². The molecule has 2 aromatic heterocycles. The molecule has 0 amide bonds. The summed E-state index contributed by atoms with van der Waals surface area (Å²) in [6.45, 7) is 2.97. The number of nitrogens with two attached hydrogens (primary N) is 1. The van der Waals surface area contributed by atoms with Crippen molar-refractivity contribution in [1.82, 2.24) is 15.0 Å². The van der Waals surface area contributed by atoms with Crippen LogP contribution in [0.5, 0.6) is 5.75 Å². The van der Waals surface area contributed by atoms with E-state index in [4.69, 9.17) is 10.5 Å². The average molecular weight is 344 g/mol. The summed E-state index contributed by atoms with van der Waals surface area (Å²) in [5, 5.41) is 7.14. The van der Waals surface area contributed by atoms with Crippen LogP contribution in [0.15, 0.2) is 24.5 Å². The molecule has 3 rings (SSSR count). The van der Waals surface area contributed by atoms with Crippen LogP contribution in [0, 0.1) is 0 Å². The Morgan fingerprint density at radius 2 is 2.08 bits per heavy atom. The van der Waals surface area contributed by atoms with Gasteiger partial charge in [-0.2, -0.15) is 0 Å². The summed E-state index contributed by atoms with van der Waals surface area (Å²) in [5.74, 6) is 2.00. The van der Waals surface area contributed by atoms with Crippen molar-refractivity contribution < 1.29 is 4.74 Å². The van der Waals surface area contributed by atoms with Crippen molar-refractivity contribution in [2.45, 2.75) is 19.8 Å². The van der Waals surface area contributed by atoms with Crippen molar-refractivity contribution in [3.8, 4) is 5.75 Å². The lowest BCUT2D eigenvalue weighted by Crippen LogP contribution is -2.08. The van der Waals surface area contributed by atoms with Crippen molar-refractivity contribution in [2.75, 3.05) is 30.0 Å². The molecule has 7 nitrogen and oxygen atoms in total. The molecule has 4 N–H and O–H groups in total. The molecule has 0 aliphatic rings. The van der Waals surface area contributed by atoms with E-state index in [9.17, 15) is 0 Å². The number of rotatable bonds is 7. The molecule has 8 heteroatoms. The lowest BCUT2D eigenvalue weighted by Gasteiger charge is -2.10. The van der Waals surface area contributed by atoms with Gasteiger partial charge in [0.25, 0.3) is 0 Å². The van der Waals surface area contributed by atoms with Crippen LogP contribution < -0.4 is 21.1 Å². The van der Waals surface area contributed by atoms with Crippen LogP contribution in [-0.4, -0.2) is 28.6 Å². The first kappa shape index (κ1) is 16.3. The summed E-state index contributed by atoms with van der Waals surface area (Å²) >= 11 is 1.52. The summed E-state index contributed by atoms with van der Waals surface area (Å²) < 4.78 is 6.27. The summed E-state index contributed by atoms with van der Waals surface area (Å²) in [6.07, 6.45) is 3.66. The fourth-order valence-electron chi connectivity index (χ4n) is 2.21. The van der Waals surface area contributed by atoms with Gasteiger partial charge in [0, 0.05) is 6.54 Å². The molecule has 0 aliphatic heterocycles. The number of benzene rings is 1. The summed E-state index contributed by atoms with van der Waals surface area (Å²) in [4.78, 5) is 13.0. The molecule has 0 bridgehead atoms. The Bertz CT molecular complexity index is 835. The van der Waals surface area contributed by atoms with Crippen LogP contribution in [0.25, 0.3) is 10.2 Å². The number of anilines is 4. The number of methoxy groups -OCH3 is 1. The van der Waals surface area contributed by atoms with Crippen LogP contribution in [0.1, 0.15) is 19.8 Å². The van der Waals surface area contributed by atoms with Crippen LogP contribution in [-0.2, 0) is 0 Å². The van der Waals surface area contributed by atoms with Gasteiger partial charge in [0.15, 0.2) is 16.8 Å².